The van der Waals surface area contributed by atoms with Crippen LogP contribution in [0.5, 0.6) is 17.2 Å². The van der Waals surface area contributed by atoms with Gasteiger partial charge in [0, 0.05) is 73.0 Å². The van der Waals surface area contributed by atoms with Gasteiger partial charge in [0.25, 0.3) is 0 Å². The molecule has 12 heteroatoms. The first-order valence-corrected chi connectivity index (χ1v) is 21.7. The summed E-state index contributed by atoms with van der Waals surface area (Å²) in [5.41, 5.74) is -1.13. The van der Waals surface area contributed by atoms with Crippen LogP contribution in [0.25, 0.3) is 0 Å². The molecule has 1 aromatic carbocycles. The molecular weight excluding hydrogens is 753 g/mol. The lowest BCUT2D eigenvalue weighted by Gasteiger charge is -2.56. The van der Waals surface area contributed by atoms with Gasteiger partial charge in [-0.05, 0) is 107 Å². The summed E-state index contributed by atoms with van der Waals surface area (Å²) in [6.45, 7) is 21.7. The van der Waals surface area contributed by atoms with E-state index in [4.69, 9.17) is 23.7 Å². The second-order valence-corrected chi connectivity index (χ2v) is 19.7. The van der Waals surface area contributed by atoms with E-state index in [0.29, 0.717) is 73.1 Å². The lowest BCUT2D eigenvalue weighted by atomic mass is 9.51. The first-order valence-electron chi connectivity index (χ1n) is 21.7. The Labute approximate surface area is 348 Å². The summed E-state index contributed by atoms with van der Waals surface area (Å²) >= 11 is 0. The molecule has 12 nitrogen and oxygen atoms in total. The number of ketones is 2. The molecule has 4 fully saturated rings. The molecule has 0 aromatic heterocycles. The van der Waals surface area contributed by atoms with Crippen LogP contribution in [0, 0.1) is 11.8 Å². The number of allylic oxidation sites excluding steroid dienone is 3. The minimum absolute atomic E-state index is 0.0335. The van der Waals surface area contributed by atoms with Gasteiger partial charge in [-0.25, -0.2) is 0 Å². The molecular formula is C47H62N2O10. The molecule has 2 saturated heterocycles. The number of morpholine rings is 1. The molecule has 1 spiro atoms. The van der Waals surface area contributed by atoms with Crippen LogP contribution in [-0.4, -0.2) is 101 Å². The van der Waals surface area contributed by atoms with E-state index in [2.05, 4.69) is 10.2 Å². The number of Topliss-reactive ketones (excluding diaryl/α,β-unsaturated/α-hetero) is 2. The molecule has 0 radical (unpaired) electrons. The summed E-state index contributed by atoms with van der Waals surface area (Å²) in [6, 6.07) is 0. The van der Waals surface area contributed by atoms with Crippen molar-refractivity contribution in [3.05, 3.63) is 51.1 Å². The van der Waals surface area contributed by atoms with Gasteiger partial charge in [0.05, 0.1) is 18.8 Å². The molecule has 2 unspecified atom stereocenters. The number of phenolic OH excluding ortho intramolecular Hbond substituents is 1. The minimum atomic E-state index is -1.60. The highest BCUT2D eigenvalue weighted by atomic mass is 16.6. The average molecular weight is 815 g/mol. The van der Waals surface area contributed by atoms with Crippen LogP contribution in [0.1, 0.15) is 135 Å². The first kappa shape index (κ1) is 41.7. The zero-order valence-electron chi connectivity index (χ0n) is 36.4. The zero-order valence-corrected chi connectivity index (χ0v) is 36.4. The number of nitrogens with zero attached hydrogens (tertiary/aromatic N) is 1. The molecule has 8 aliphatic rings. The van der Waals surface area contributed by atoms with E-state index in [1.807, 2.05) is 48.5 Å². The lowest BCUT2D eigenvalue weighted by Crippen LogP contribution is -2.72. The summed E-state index contributed by atoms with van der Waals surface area (Å²) in [5, 5.41) is 15.7. The summed E-state index contributed by atoms with van der Waals surface area (Å²) in [4.78, 5) is 58.2. The maximum Gasteiger partial charge on any atom is 0.303 e. The van der Waals surface area contributed by atoms with Crippen LogP contribution in [0.3, 0.4) is 0 Å². The van der Waals surface area contributed by atoms with Crippen LogP contribution < -0.4 is 14.8 Å². The summed E-state index contributed by atoms with van der Waals surface area (Å²) in [6.07, 6.45) is 7.58. The van der Waals surface area contributed by atoms with Crippen molar-refractivity contribution in [1.82, 2.24) is 10.2 Å². The molecule has 2 saturated carbocycles. The number of esters is 1. The normalized spacial score (nSPS) is 32.9. The average Bonchev–Trinajstić information content (AvgIpc) is 3.31. The Hall–Kier alpha value is -4.00. The number of rotatable bonds is 9. The predicted molar refractivity (Wildman–Crippen MR) is 220 cm³/mol. The summed E-state index contributed by atoms with van der Waals surface area (Å²) < 4.78 is 32.5. The standard InChI is InChI=1S/C47H62N2O10/c1-26(2)30-13-15-45(9,56-28(4)50)25-32(30)35-38(52)36-37(51)33-23-29-24-34-44(7,8)59-46(41(29)53,47(33,34)58-40(36)31-12-14-43(5,6)57-39(31)35)16-11-27(3)42(54)48-17-10-18-49-19-21-55-22-20-49/h11,23,29,32,34,52H,10,12-22,24-25H2,1-9H3,(H,48,54)/b27-11-/t29-,32?,34+,45?,46+,47-/m1/s1. The van der Waals surface area contributed by atoms with Crippen molar-refractivity contribution in [2.24, 2.45) is 11.8 Å². The Balaban J connectivity index is 1.20. The maximum absolute atomic E-state index is 15.4. The topological polar surface area (TPSA) is 150 Å². The van der Waals surface area contributed by atoms with Crippen LogP contribution in [0.4, 0.5) is 0 Å². The van der Waals surface area contributed by atoms with Crippen LogP contribution in [0.15, 0.2) is 34.4 Å². The molecule has 1 amide bonds. The highest BCUT2D eigenvalue weighted by Crippen LogP contribution is 2.69. The number of hydrogen-bond donors (Lipinski definition) is 2. The third-order valence-corrected chi connectivity index (χ3v) is 14.4. The number of amides is 1. The van der Waals surface area contributed by atoms with Gasteiger partial charge in [-0.3, -0.25) is 24.1 Å². The van der Waals surface area contributed by atoms with Gasteiger partial charge in [0.2, 0.25) is 5.91 Å². The Morgan fingerprint density at radius 3 is 2.42 bits per heavy atom. The van der Waals surface area contributed by atoms with E-state index in [0.717, 1.165) is 50.4 Å². The van der Waals surface area contributed by atoms with Crippen molar-refractivity contribution in [3.8, 4) is 17.2 Å². The van der Waals surface area contributed by atoms with Crippen molar-refractivity contribution in [2.75, 3.05) is 39.4 Å². The minimum Gasteiger partial charge on any atom is -0.507 e. The number of nitrogens with one attached hydrogen (secondary N) is 1. The lowest BCUT2D eigenvalue weighted by molar-refractivity contribution is -0.171. The Morgan fingerprint density at radius 2 is 1.73 bits per heavy atom. The van der Waals surface area contributed by atoms with Crippen molar-refractivity contribution in [2.45, 2.75) is 148 Å². The van der Waals surface area contributed by atoms with Crippen LogP contribution in [-0.2, 0) is 35.0 Å². The van der Waals surface area contributed by atoms with Crippen LogP contribution >= 0.6 is 0 Å². The Bertz CT molecular complexity index is 2090. The molecule has 4 bridgehead atoms. The number of benzene rings is 1. The number of hydrogen-bond acceptors (Lipinski definition) is 11. The monoisotopic (exact) mass is 814 g/mol. The van der Waals surface area contributed by atoms with E-state index >= 15 is 4.79 Å². The fourth-order valence-corrected chi connectivity index (χ4v) is 11.5. The molecule has 2 N–H and O–H groups in total. The fraction of sp³-hybridized carbons (Fsp3) is 0.660. The Morgan fingerprint density at radius 1 is 1.00 bits per heavy atom. The molecule has 6 atom stereocenters. The van der Waals surface area contributed by atoms with Crippen molar-refractivity contribution < 1.29 is 48.0 Å². The third-order valence-electron chi connectivity index (χ3n) is 14.4. The quantitative estimate of drug-likeness (QED) is 0.120. The number of phenols is 1. The van der Waals surface area contributed by atoms with E-state index in [9.17, 15) is 19.5 Å². The third kappa shape index (κ3) is 6.67. The fourth-order valence-electron chi connectivity index (χ4n) is 11.5. The first-order chi connectivity index (χ1) is 27.7. The second kappa shape index (κ2) is 14.6. The van der Waals surface area contributed by atoms with E-state index in [1.165, 1.54) is 6.92 Å². The van der Waals surface area contributed by atoms with E-state index in [1.54, 1.807) is 19.1 Å². The SMILES string of the molecule is CC(=O)OC1(C)CCC(=C(C)C)C(c2c(O)c3c(c4c2OC(C)(C)CC4)O[C@]24C(=C[C@@H]5C[C@H]2C(C)(C)O[C@@]4(C/C=C(/C)C(=O)NCCCN2CCOCC2)C5=O)C3=O)C1. The highest BCUT2D eigenvalue weighted by molar-refractivity contribution is 6.18. The number of carbonyl (C=O) groups excluding carboxylic acids is 4. The molecule has 59 heavy (non-hydrogen) atoms. The van der Waals surface area contributed by atoms with Crippen LogP contribution in [0.2, 0.25) is 0 Å². The highest BCUT2D eigenvalue weighted by Gasteiger charge is 2.81. The van der Waals surface area contributed by atoms with Gasteiger partial charge in [0.1, 0.15) is 34.0 Å². The predicted octanol–water partition coefficient (Wildman–Crippen LogP) is 6.60. The van der Waals surface area contributed by atoms with E-state index < -0.39 is 39.8 Å². The Kier molecular flexibility index (Phi) is 10.3. The number of aromatic hydroxyl groups is 1. The number of ether oxygens (including phenoxy) is 5. The summed E-state index contributed by atoms with van der Waals surface area (Å²) in [7, 11) is 0. The zero-order chi connectivity index (χ0) is 42.4. The smallest absolute Gasteiger partial charge is 0.303 e. The van der Waals surface area contributed by atoms with E-state index in [-0.39, 0.29) is 52.8 Å². The second-order valence-electron chi connectivity index (χ2n) is 19.7. The molecule has 320 valence electrons. The molecule has 4 aliphatic carbocycles. The van der Waals surface area contributed by atoms with Crippen molar-refractivity contribution in [3.63, 3.8) is 0 Å². The number of carbonyl (C=O) groups is 4. The van der Waals surface area contributed by atoms with Gasteiger partial charge in [0.15, 0.2) is 22.8 Å². The molecule has 4 heterocycles. The maximum atomic E-state index is 15.4. The largest absolute Gasteiger partial charge is 0.507 e. The van der Waals surface area contributed by atoms with Gasteiger partial charge in [-0.15, -0.1) is 0 Å². The van der Waals surface area contributed by atoms with Crippen molar-refractivity contribution in [1.29, 1.82) is 0 Å². The molecule has 4 aliphatic heterocycles. The molecule has 1 aromatic rings. The molecule has 9 rings (SSSR count). The number of fused-ring (bicyclic) bond motifs is 3. The van der Waals surface area contributed by atoms with Gasteiger partial charge in [-0.2, -0.15) is 0 Å². The van der Waals surface area contributed by atoms with Gasteiger partial charge in [-0.1, -0.05) is 23.3 Å². The van der Waals surface area contributed by atoms with Crippen molar-refractivity contribution >= 4 is 23.4 Å². The summed E-state index contributed by atoms with van der Waals surface area (Å²) in [5.74, 6) is -2.03. The van der Waals surface area contributed by atoms with Gasteiger partial charge < -0.3 is 34.1 Å². The van der Waals surface area contributed by atoms with Gasteiger partial charge >= 0.3 is 5.97 Å².